The average Bonchev–Trinajstić information content (AvgIpc) is 2.71. The number of carboxylic acid groups (broad SMARTS) is 3. The second-order valence-corrected chi connectivity index (χ2v) is 3.43. The van der Waals surface area contributed by atoms with Crippen LogP contribution in [0, 0.1) is 19.7 Å². The third-order valence-corrected chi connectivity index (χ3v) is 1.65. The van der Waals surface area contributed by atoms with Crippen LogP contribution < -0.4 is 0 Å². The predicted octanol–water partition coefficient (Wildman–Crippen LogP) is 0.948. The normalized spacial score (nSPS) is 9.10. The van der Waals surface area contributed by atoms with Crippen LogP contribution in [0.5, 0.6) is 0 Å². The molecule has 0 bridgehead atoms. The van der Waals surface area contributed by atoms with Gasteiger partial charge in [-0.25, -0.2) is 34.1 Å². The Morgan fingerprint density at radius 3 is 0.724 bits per heavy atom. The van der Waals surface area contributed by atoms with E-state index in [0.717, 1.165) is 0 Å². The Morgan fingerprint density at radius 2 is 0.724 bits per heavy atom. The molecule has 0 aliphatic rings. The van der Waals surface area contributed by atoms with E-state index in [1.165, 1.54) is 20.8 Å². The fourth-order valence-corrected chi connectivity index (χ4v) is 0.166. The minimum absolute atomic E-state index is 0. The first kappa shape index (κ1) is 50.0. The second kappa shape index (κ2) is 44.2. The average molecular weight is 496 g/mol. The maximum Gasteiger partial charge on any atom is 0.387 e. The zero-order valence-electron chi connectivity index (χ0n) is 15.0. The SMILES string of the molecule is C.[C-]#[N+]C(C)C(=O)O.[C-]#[N+]C(C)C(=O)O.[C-]#[N+]C(C)C(=O)O.[CH-]=O.[CH-]=O.[CH-]=O.[Mo]. The van der Waals surface area contributed by atoms with E-state index in [2.05, 4.69) is 34.9 Å². The molecule has 0 spiro atoms. The van der Waals surface area contributed by atoms with Gasteiger partial charge in [-0.3, -0.25) is 20.4 Å². The van der Waals surface area contributed by atoms with Crippen LogP contribution in [0.1, 0.15) is 28.2 Å². The molecule has 0 aliphatic carbocycles. The van der Waals surface area contributed by atoms with Crippen LogP contribution in [0.3, 0.4) is 0 Å². The van der Waals surface area contributed by atoms with Crippen molar-refractivity contribution in [2.45, 2.75) is 46.3 Å². The van der Waals surface area contributed by atoms with Gasteiger partial charge in [0.2, 0.25) is 0 Å². The first-order valence-corrected chi connectivity index (χ1v) is 6.03. The fourth-order valence-electron chi connectivity index (χ4n) is 0.166. The predicted molar refractivity (Wildman–Crippen MR) is 98.1 cm³/mol. The van der Waals surface area contributed by atoms with Crippen molar-refractivity contribution in [3.05, 3.63) is 34.3 Å². The number of carbonyl (C=O) groups excluding carboxylic acids is 3. The van der Waals surface area contributed by atoms with Crippen molar-refractivity contribution >= 4 is 38.3 Å². The zero-order valence-corrected chi connectivity index (χ0v) is 17.0. The molecule has 0 fully saturated rings. The summed E-state index contributed by atoms with van der Waals surface area (Å²) in [5, 5.41) is 23.9. The molecule has 3 unspecified atom stereocenters. The molecule has 12 nitrogen and oxygen atoms in total. The summed E-state index contributed by atoms with van der Waals surface area (Å²) < 4.78 is 0. The van der Waals surface area contributed by atoms with Crippen molar-refractivity contribution in [2.24, 2.45) is 0 Å². The summed E-state index contributed by atoms with van der Waals surface area (Å²) in [5.74, 6) is -3.18. The van der Waals surface area contributed by atoms with E-state index in [4.69, 9.17) is 49.4 Å². The number of carboxylic acids is 3. The number of nitrogens with zero attached hydrogens (tertiary/aromatic N) is 3. The van der Waals surface area contributed by atoms with Crippen molar-refractivity contribution in [3.63, 3.8) is 0 Å². The molecular formula is C16H22MoN3O9-3. The van der Waals surface area contributed by atoms with E-state index < -0.39 is 36.0 Å². The van der Waals surface area contributed by atoms with Gasteiger partial charge in [-0.15, -0.1) is 0 Å². The molecule has 0 heterocycles. The van der Waals surface area contributed by atoms with Crippen LogP contribution >= 0.6 is 0 Å². The molecule has 164 valence electrons. The van der Waals surface area contributed by atoms with Gasteiger partial charge in [-0.2, -0.15) is 0 Å². The Kier molecular flexibility index (Phi) is 76.3. The Hall–Kier alpha value is -3.42. The van der Waals surface area contributed by atoms with Crippen molar-refractivity contribution in [1.29, 1.82) is 0 Å². The van der Waals surface area contributed by atoms with Crippen LogP contribution in [-0.2, 0) is 49.8 Å². The molecule has 0 saturated carbocycles. The molecule has 0 amide bonds. The first-order chi connectivity index (χ1) is 12.5. The van der Waals surface area contributed by atoms with Gasteiger partial charge in [0.15, 0.2) is 0 Å². The minimum Gasteiger partial charge on any atom is -0.545 e. The summed E-state index contributed by atoms with van der Waals surface area (Å²) in [4.78, 5) is 60.6. The maximum atomic E-state index is 9.72. The molecule has 3 atom stereocenters. The molecule has 0 aromatic heterocycles. The largest absolute Gasteiger partial charge is 0.545 e. The third-order valence-electron chi connectivity index (χ3n) is 1.65. The number of hydrogen-bond acceptors (Lipinski definition) is 6. The van der Waals surface area contributed by atoms with Crippen molar-refractivity contribution < 1.29 is 65.2 Å². The van der Waals surface area contributed by atoms with Crippen LogP contribution in [0.15, 0.2) is 0 Å². The van der Waals surface area contributed by atoms with Crippen LogP contribution in [0.25, 0.3) is 14.5 Å². The van der Waals surface area contributed by atoms with Gasteiger partial charge in [0.1, 0.15) is 0 Å². The smallest absolute Gasteiger partial charge is 0.387 e. The van der Waals surface area contributed by atoms with Gasteiger partial charge in [0.05, 0.1) is 0 Å². The van der Waals surface area contributed by atoms with Gasteiger partial charge < -0.3 is 44.2 Å². The molecule has 3 N–H and O–H groups in total. The third kappa shape index (κ3) is 59.0. The van der Waals surface area contributed by atoms with Crippen molar-refractivity contribution in [2.75, 3.05) is 0 Å². The Labute approximate surface area is 184 Å². The summed E-state index contributed by atoms with van der Waals surface area (Å²) in [6, 6.07) is -2.67. The topological polar surface area (TPSA) is 176 Å². The molecule has 0 aromatic carbocycles. The summed E-state index contributed by atoms with van der Waals surface area (Å²) in [6.07, 6.45) is 0. The number of rotatable bonds is 3. The molecule has 0 rings (SSSR count). The first-order valence-electron chi connectivity index (χ1n) is 6.03. The number of carbonyl (C=O) groups is 3. The van der Waals surface area contributed by atoms with Crippen molar-refractivity contribution in [1.82, 2.24) is 0 Å². The molecule has 29 heavy (non-hydrogen) atoms. The number of hydrogen-bond donors (Lipinski definition) is 3. The Balaban J connectivity index is -0.0000000325. The Bertz CT molecular complexity index is 463. The van der Waals surface area contributed by atoms with Crippen molar-refractivity contribution in [3.8, 4) is 0 Å². The standard InChI is InChI=1S/3C4H5NO2.3CHO.CH4.Mo/c3*1-3(5-2)4(6)7;3*1-2;;/h3*3H,1H3,(H,6,7);3*1H;1H4;/q;;;3*-1;;. The summed E-state index contributed by atoms with van der Waals surface area (Å²) >= 11 is 0. The second-order valence-electron chi connectivity index (χ2n) is 3.43. The van der Waals surface area contributed by atoms with Gasteiger partial charge in [-0.05, 0) is 0 Å². The van der Waals surface area contributed by atoms with E-state index in [1.807, 2.05) is 0 Å². The van der Waals surface area contributed by atoms with Gasteiger partial charge in [-0.1, -0.05) is 7.43 Å². The molecular weight excluding hydrogens is 474 g/mol. The maximum absolute atomic E-state index is 9.72. The van der Waals surface area contributed by atoms with E-state index in [9.17, 15) is 14.4 Å². The van der Waals surface area contributed by atoms with E-state index in [1.54, 1.807) is 0 Å². The van der Waals surface area contributed by atoms with E-state index in [-0.39, 0.29) is 28.5 Å². The minimum atomic E-state index is -1.06. The molecule has 13 heteroatoms. The van der Waals surface area contributed by atoms with Crippen LogP contribution in [0.2, 0.25) is 0 Å². The van der Waals surface area contributed by atoms with Gasteiger partial charge in [0.25, 0.3) is 0 Å². The van der Waals surface area contributed by atoms with Gasteiger partial charge in [0, 0.05) is 41.8 Å². The molecule has 0 saturated heterocycles. The summed E-state index contributed by atoms with van der Waals surface area (Å²) in [5.41, 5.74) is 0. The zero-order chi connectivity index (χ0) is 23.6. The summed E-state index contributed by atoms with van der Waals surface area (Å²) in [7, 11) is 0. The summed E-state index contributed by atoms with van der Waals surface area (Å²) in [6.45, 7) is 32.3. The molecule has 0 radical (unpaired) electrons. The Morgan fingerprint density at radius 1 is 0.621 bits per heavy atom. The molecule has 0 aliphatic heterocycles. The number of aliphatic carboxylic acids is 3. The van der Waals surface area contributed by atoms with E-state index >= 15 is 0 Å². The fraction of sp³-hybridized carbons (Fsp3) is 0.438. The quantitative estimate of drug-likeness (QED) is 0.292. The monoisotopic (exact) mass is 498 g/mol. The van der Waals surface area contributed by atoms with E-state index in [0.29, 0.717) is 0 Å². The molecule has 0 aromatic rings. The van der Waals surface area contributed by atoms with Crippen LogP contribution in [-0.4, -0.2) is 71.7 Å². The van der Waals surface area contributed by atoms with Crippen LogP contribution in [0.4, 0.5) is 0 Å². The van der Waals surface area contributed by atoms with Gasteiger partial charge >= 0.3 is 36.0 Å².